The number of hydrogen-bond acceptors (Lipinski definition) is 6. The Balaban J connectivity index is 2.05. The van der Waals surface area contributed by atoms with Crippen molar-refractivity contribution < 1.29 is 9.84 Å². The second-order valence-electron chi connectivity index (χ2n) is 6.59. The van der Waals surface area contributed by atoms with Gasteiger partial charge < -0.3 is 9.84 Å². The zero-order valence-electron chi connectivity index (χ0n) is 16.8. The minimum atomic E-state index is -0.624. The second-order valence-corrected chi connectivity index (χ2v) is 7.36. The Bertz CT molecular complexity index is 1430. The number of azo groups is 1. The van der Waals surface area contributed by atoms with Gasteiger partial charge in [-0.2, -0.15) is 0 Å². The summed E-state index contributed by atoms with van der Waals surface area (Å²) in [4.78, 5) is 13.4. The van der Waals surface area contributed by atoms with Crippen LogP contribution in [0.15, 0.2) is 93.9 Å². The first-order valence-corrected chi connectivity index (χ1v) is 10.3. The van der Waals surface area contributed by atoms with Gasteiger partial charge in [-0.15, -0.1) is 10.2 Å². The summed E-state index contributed by atoms with van der Waals surface area (Å²) in [7, 11) is 1.50. The van der Waals surface area contributed by atoms with E-state index in [9.17, 15) is 9.90 Å². The molecule has 0 atom stereocenters. The van der Waals surface area contributed by atoms with Gasteiger partial charge in [0, 0.05) is 0 Å². The van der Waals surface area contributed by atoms with Crippen molar-refractivity contribution in [2.45, 2.75) is 0 Å². The van der Waals surface area contributed by atoms with E-state index in [-0.39, 0.29) is 10.5 Å². The fraction of sp³-hybridized carbons (Fsp3) is 0.0435. The molecule has 0 saturated carbocycles. The Morgan fingerprint density at radius 3 is 2.28 bits per heavy atom. The molecule has 4 rings (SSSR count). The smallest absolute Gasteiger partial charge is 0.290 e. The first-order chi connectivity index (χ1) is 15.5. The van der Waals surface area contributed by atoms with Crippen molar-refractivity contribution in [3.8, 4) is 23.0 Å². The van der Waals surface area contributed by atoms with E-state index in [1.807, 2.05) is 6.07 Å². The van der Waals surface area contributed by atoms with Crippen molar-refractivity contribution in [1.82, 2.24) is 9.13 Å². The highest BCUT2D eigenvalue weighted by Crippen LogP contribution is 2.33. The Morgan fingerprint density at radius 1 is 0.906 bits per heavy atom. The van der Waals surface area contributed by atoms with Crippen LogP contribution < -0.4 is 10.3 Å². The zero-order valence-corrected chi connectivity index (χ0v) is 18.4. The Hall–Kier alpha value is -3.75. The van der Waals surface area contributed by atoms with Crippen LogP contribution in [0, 0.1) is 4.77 Å². The van der Waals surface area contributed by atoms with Crippen LogP contribution in [-0.4, -0.2) is 21.4 Å². The lowest BCUT2D eigenvalue weighted by molar-refractivity contribution is 0.402. The maximum Gasteiger partial charge on any atom is 0.290 e. The van der Waals surface area contributed by atoms with E-state index in [2.05, 4.69) is 10.2 Å². The number of halogens is 1. The molecule has 0 unspecified atom stereocenters. The molecule has 0 aliphatic carbocycles. The lowest BCUT2D eigenvalue weighted by atomic mass is 10.2. The van der Waals surface area contributed by atoms with Crippen LogP contribution in [0.4, 0.5) is 11.4 Å². The quantitative estimate of drug-likeness (QED) is 0.284. The minimum absolute atomic E-state index is 0.0416. The van der Waals surface area contributed by atoms with E-state index in [1.165, 1.54) is 16.2 Å². The average molecular weight is 465 g/mol. The van der Waals surface area contributed by atoms with Gasteiger partial charge in [-0.05, 0) is 48.6 Å². The largest absolute Gasteiger partial charge is 0.495 e. The van der Waals surface area contributed by atoms with Crippen LogP contribution in [-0.2, 0) is 0 Å². The normalized spacial score (nSPS) is 11.1. The first kappa shape index (κ1) is 21.5. The molecule has 0 bridgehead atoms. The lowest BCUT2D eigenvalue weighted by Gasteiger charge is -2.17. The molecule has 0 aliphatic rings. The Morgan fingerprint density at radius 2 is 1.56 bits per heavy atom. The molecule has 160 valence electrons. The summed E-state index contributed by atoms with van der Waals surface area (Å²) in [5.41, 5.74) is 0.385. The third-order valence-corrected chi connectivity index (χ3v) is 5.35. The van der Waals surface area contributed by atoms with Gasteiger partial charge in [0.1, 0.15) is 11.4 Å². The second kappa shape index (κ2) is 9.17. The fourth-order valence-electron chi connectivity index (χ4n) is 3.15. The van der Waals surface area contributed by atoms with Crippen molar-refractivity contribution in [2.75, 3.05) is 7.11 Å². The summed E-state index contributed by atoms with van der Waals surface area (Å²) in [5, 5.41) is 19.6. The van der Waals surface area contributed by atoms with Gasteiger partial charge in [0.15, 0.2) is 4.77 Å². The molecule has 0 spiro atoms. The number of para-hydroxylation sites is 3. The number of methoxy groups -OCH3 is 1. The summed E-state index contributed by atoms with van der Waals surface area (Å²) in [5.74, 6) is -0.0152. The molecule has 4 aromatic rings. The van der Waals surface area contributed by atoms with Crippen molar-refractivity contribution in [3.63, 3.8) is 0 Å². The van der Waals surface area contributed by atoms with Crippen LogP contribution >= 0.6 is 23.8 Å². The van der Waals surface area contributed by atoms with E-state index in [1.54, 1.807) is 72.8 Å². The average Bonchev–Trinajstić information content (AvgIpc) is 2.81. The topological polar surface area (TPSA) is 81.1 Å². The molecule has 1 aromatic heterocycles. The van der Waals surface area contributed by atoms with E-state index in [0.717, 1.165) is 0 Å². The molecule has 0 fully saturated rings. The Kier molecular flexibility index (Phi) is 6.16. The summed E-state index contributed by atoms with van der Waals surface area (Å²) in [6.07, 6.45) is 0. The SMILES string of the molecule is COc1ccccc1-n1c(O)c(N=Nc2ccccc2Cl)c(=O)n(-c2ccccc2)c1=S. The summed E-state index contributed by atoms with van der Waals surface area (Å²) >= 11 is 11.8. The van der Waals surface area contributed by atoms with Gasteiger partial charge in [0.05, 0.1) is 23.5 Å². The predicted molar refractivity (Wildman–Crippen MR) is 126 cm³/mol. The molecule has 0 saturated heterocycles. The molecule has 0 amide bonds. The van der Waals surface area contributed by atoms with E-state index >= 15 is 0 Å². The third kappa shape index (κ3) is 3.93. The standard InChI is InChI=1S/C23H17ClN4O3S/c1-31-19-14-8-7-13-18(19)28-22(30)20(26-25-17-12-6-5-11-16(17)24)21(29)27(23(28)32)15-9-3-2-4-10-15/h2-14,30H,1H3. The summed E-state index contributed by atoms with van der Waals surface area (Å²) in [6.45, 7) is 0. The van der Waals surface area contributed by atoms with Crippen molar-refractivity contribution in [2.24, 2.45) is 10.2 Å². The molecule has 0 radical (unpaired) electrons. The van der Waals surface area contributed by atoms with Gasteiger partial charge in [-0.1, -0.05) is 54.1 Å². The number of rotatable bonds is 5. The summed E-state index contributed by atoms with van der Waals surface area (Å²) in [6, 6.07) is 22.6. The van der Waals surface area contributed by atoms with Crippen molar-refractivity contribution in [3.05, 3.63) is 99.0 Å². The molecule has 9 heteroatoms. The van der Waals surface area contributed by atoms with E-state index < -0.39 is 11.4 Å². The van der Waals surface area contributed by atoms with Crippen LogP contribution in [0.25, 0.3) is 11.4 Å². The molecule has 7 nitrogen and oxygen atoms in total. The van der Waals surface area contributed by atoms with Crippen LogP contribution in [0.3, 0.4) is 0 Å². The predicted octanol–water partition coefficient (Wildman–Crippen LogP) is 6.14. The number of ether oxygens (including phenoxy) is 1. The molecule has 1 heterocycles. The van der Waals surface area contributed by atoms with Crippen LogP contribution in [0.1, 0.15) is 0 Å². The molecular formula is C23H17ClN4O3S. The van der Waals surface area contributed by atoms with Crippen molar-refractivity contribution >= 4 is 35.2 Å². The maximum absolute atomic E-state index is 13.4. The first-order valence-electron chi connectivity index (χ1n) is 9.49. The zero-order chi connectivity index (χ0) is 22.7. The maximum atomic E-state index is 13.4. The molecule has 1 N–H and O–H groups in total. The Labute approximate surface area is 193 Å². The lowest BCUT2D eigenvalue weighted by Crippen LogP contribution is -2.23. The highest BCUT2D eigenvalue weighted by molar-refractivity contribution is 7.71. The van der Waals surface area contributed by atoms with Gasteiger partial charge in [-0.3, -0.25) is 13.9 Å². The highest BCUT2D eigenvalue weighted by atomic mass is 35.5. The van der Waals surface area contributed by atoms with Crippen LogP contribution in [0.2, 0.25) is 5.02 Å². The monoisotopic (exact) mass is 464 g/mol. The van der Waals surface area contributed by atoms with Gasteiger partial charge in [0.25, 0.3) is 5.56 Å². The number of benzene rings is 3. The molecule has 3 aromatic carbocycles. The van der Waals surface area contributed by atoms with Crippen molar-refractivity contribution in [1.29, 1.82) is 0 Å². The highest BCUT2D eigenvalue weighted by Gasteiger charge is 2.21. The number of nitrogens with zero attached hydrogens (tertiary/aromatic N) is 4. The van der Waals surface area contributed by atoms with Gasteiger partial charge in [0.2, 0.25) is 11.6 Å². The molecule has 0 aliphatic heterocycles. The molecule has 32 heavy (non-hydrogen) atoms. The van der Waals surface area contributed by atoms with Gasteiger partial charge in [-0.25, -0.2) is 0 Å². The molecular weight excluding hydrogens is 448 g/mol. The number of aromatic nitrogens is 2. The van der Waals surface area contributed by atoms with Gasteiger partial charge >= 0.3 is 0 Å². The third-order valence-electron chi connectivity index (χ3n) is 4.66. The summed E-state index contributed by atoms with van der Waals surface area (Å²) < 4.78 is 8.08. The number of hydrogen-bond donors (Lipinski definition) is 1. The fourth-order valence-corrected chi connectivity index (χ4v) is 3.69. The number of aromatic hydroxyl groups is 1. The van der Waals surface area contributed by atoms with E-state index in [0.29, 0.717) is 27.8 Å². The minimum Gasteiger partial charge on any atom is -0.495 e. The van der Waals surface area contributed by atoms with Crippen LogP contribution in [0.5, 0.6) is 11.6 Å². The van der Waals surface area contributed by atoms with E-state index in [4.69, 9.17) is 28.6 Å².